The molecule has 0 spiro atoms. The Labute approximate surface area is 140 Å². The minimum atomic E-state index is -4.70. The molecular formula is C15H17F3N4O3. The van der Waals surface area contributed by atoms with Crippen LogP contribution in [0.3, 0.4) is 0 Å². The van der Waals surface area contributed by atoms with Crippen molar-refractivity contribution in [3.63, 3.8) is 0 Å². The summed E-state index contributed by atoms with van der Waals surface area (Å²) in [6, 6.07) is 1.62. The van der Waals surface area contributed by atoms with Gasteiger partial charge in [-0.05, 0) is 18.6 Å². The Kier molecular flexibility index (Phi) is 5.29. The first-order chi connectivity index (χ1) is 11.7. The maximum atomic E-state index is 12.8. The number of unbranched alkanes of at least 4 members (excludes halogenated alkanes) is 1. The van der Waals surface area contributed by atoms with Crippen LogP contribution in [0.15, 0.2) is 21.7 Å². The number of aryl methyl sites for hydroxylation is 1. The van der Waals surface area contributed by atoms with Crippen LogP contribution in [-0.4, -0.2) is 26.6 Å². The number of rotatable bonds is 5. The molecule has 2 aromatic heterocycles. The molecule has 10 heteroatoms. The Morgan fingerprint density at radius 3 is 2.56 bits per heavy atom. The van der Waals surface area contributed by atoms with E-state index in [-0.39, 0.29) is 11.0 Å². The molecule has 2 rings (SSSR count). The van der Waals surface area contributed by atoms with E-state index < -0.39 is 35.6 Å². The first-order valence-corrected chi connectivity index (χ1v) is 7.61. The van der Waals surface area contributed by atoms with E-state index in [4.69, 9.17) is 0 Å². The molecule has 0 aromatic carbocycles. The fourth-order valence-corrected chi connectivity index (χ4v) is 2.28. The van der Waals surface area contributed by atoms with Crippen LogP contribution in [0.2, 0.25) is 0 Å². The third kappa shape index (κ3) is 3.89. The van der Waals surface area contributed by atoms with E-state index in [0.717, 1.165) is 23.5 Å². The topological polar surface area (TPSA) is 86.0 Å². The van der Waals surface area contributed by atoms with Gasteiger partial charge in [-0.1, -0.05) is 13.3 Å². The van der Waals surface area contributed by atoms with E-state index in [2.05, 4.69) is 10.3 Å². The lowest BCUT2D eigenvalue weighted by molar-refractivity contribution is -0.141. The van der Waals surface area contributed by atoms with Gasteiger partial charge in [0.05, 0.1) is 5.39 Å². The van der Waals surface area contributed by atoms with Gasteiger partial charge < -0.3 is 5.32 Å². The summed E-state index contributed by atoms with van der Waals surface area (Å²) < 4.78 is 39.8. The maximum absolute atomic E-state index is 12.8. The van der Waals surface area contributed by atoms with Gasteiger partial charge in [-0.25, -0.2) is 9.78 Å². The zero-order chi connectivity index (χ0) is 18.8. The van der Waals surface area contributed by atoms with Crippen LogP contribution in [0.25, 0.3) is 11.0 Å². The monoisotopic (exact) mass is 358 g/mol. The van der Waals surface area contributed by atoms with E-state index in [0.29, 0.717) is 17.2 Å². The van der Waals surface area contributed by atoms with Gasteiger partial charge in [0.25, 0.3) is 5.56 Å². The highest BCUT2D eigenvalue weighted by Gasteiger charge is 2.33. The predicted molar refractivity (Wildman–Crippen MR) is 84.2 cm³/mol. The summed E-state index contributed by atoms with van der Waals surface area (Å²) in [6.45, 7) is 1.85. The summed E-state index contributed by atoms with van der Waals surface area (Å²) in [7, 11) is 1.20. The maximum Gasteiger partial charge on any atom is 0.433 e. The molecule has 2 aromatic rings. The number of amides is 1. The molecule has 0 bridgehead atoms. The van der Waals surface area contributed by atoms with Gasteiger partial charge in [0.2, 0.25) is 5.91 Å². The Morgan fingerprint density at radius 2 is 1.96 bits per heavy atom. The first-order valence-electron chi connectivity index (χ1n) is 7.61. The van der Waals surface area contributed by atoms with E-state index in [1.807, 2.05) is 6.92 Å². The number of carbonyl (C=O) groups is 1. The third-order valence-electron chi connectivity index (χ3n) is 3.63. The van der Waals surface area contributed by atoms with Crippen molar-refractivity contribution in [2.75, 3.05) is 6.54 Å². The number of hydrogen-bond donors (Lipinski definition) is 1. The SMILES string of the molecule is CCCCNC(=O)Cn1c(=O)c2ccc(C(F)(F)F)nc2n(C)c1=O. The van der Waals surface area contributed by atoms with Crippen molar-refractivity contribution in [1.29, 1.82) is 0 Å². The van der Waals surface area contributed by atoms with Gasteiger partial charge in [-0.3, -0.25) is 18.7 Å². The normalized spacial score (nSPS) is 11.7. The Hall–Kier alpha value is -2.65. The van der Waals surface area contributed by atoms with Gasteiger partial charge in [0.15, 0.2) is 0 Å². The number of hydrogen-bond acceptors (Lipinski definition) is 4. The molecule has 0 aliphatic carbocycles. The highest BCUT2D eigenvalue weighted by molar-refractivity contribution is 5.77. The summed E-state index contributed by atoms with van der Waals surface area (Å²) in [6.07, 6.45) is -3.08. The molecule has 0 aliphatic rings. The van der Waals surface area contributed by atoms with Crippen LogP contribution in [0.5, 0.6) is 0 Å². The van der Waals surface area contributed by atoms with Crippen molar-refractivity contribution in [2.45, 2.75) is 32.5 Å². The molecule has 0 unspecified atom stereocenters. The molecule has 0 radical (unpaired) electrons. The van der Waals surface area contributed by atoms with E-state index in [1.165, 1.54) is 7.05 Å². The number of pyridine rings is 1. The van der Waals surface area contributed by atoms with Crippen LogP contribution >= 0.6 is 0 Å². The second-order valence-corrected chi connectivity index (χ2v) is 5.50. The third-order valence-corrected chi connectivity index (χ3v) is 3.63. The quantitative estimate of drug-likeness (QED) is 0.809. The fraction of sp³-hybridized carbons (Fsp3) is 0.467. The second kappa shape index (κ2) is 7.08. The number of nitrogens with zero attached hydrogens (tertiary/aromatic N) is 3. The first kappa shape index (κ1) is 18.7. The highest BCUT2D eigenvalue weighted by Crippen LogP contribution is 2.28. The summed E-state index contributed by atoms with van der Waals surface area (Å²) in [5, 5.41) is 2.40. The molecule has 136 valence electrons. The molecule has 0 aliphatic heterocycles. The zero-order valence-corrected chi connectivity index (χ0v) is 13.7. The van der Waals surface area contributed by atoms with Gasteiger partial charge in [0.1, 0.15) is 17.9 Å². The Bertz CT molecular complexity index is 915. The molecule has 0 atom stereocenters. The summed E-state index contributed by atoms with van der Waals surface area (Å²) in [5.41, 5.74) is -3.35. The number of fused-ring (bicyclic) bond motifs is 1. The van der Waals surface area contributed by atoms with Crippen LogP contribution in [0, 0.1) is 0 Å². The fourth-order valence-electron chi connectivity index (χ4n) is 2.28. The molecule has 0 saturated heterocycles. The molecular weight excluding hydrogens is 341 g/mol. The zero-order valence-electron chi connectivity index (χ0n) is 13.7. The van der Waals surface area contributed by atoms with Crippen LogP contribution < -0.4 is 16.6 Å². The minimum absolute atomic E-state index is 0.170. The highest BCUT2D eigenvalue weighted by atomic mass is 19.4. The average Bonchev–Trinajstić information content (AvgIpc) is 2.55. The van der Waals surface area contributed by atoms with Crippen molar-refractivity contribution in [3.05, 3.63) is 38.7 Å². The van der Waals surface area contributed by atoms with Crippen molar-refractivity contribution in [3.8, 4) is 0 Å². The van der Waals surface area contributed by atoms with Crippen molar-refractivity contribution < 1.29 is 18.0 Å². The van der Waals surface area contributed by atoms with Crippen LogP contribution in [0.1, 0.15) is 25.5 Å². The summed E-state index contributed by atoms with van der Waals surface area (Å²) >= 11 is 0. The largest absolute Gasteiger partial charge is 0.433 e. The van der Waals surface area contributed by atoms with Crippen LogP contribution in [-0.2, 0) is 24.6 Å². The predicted octanol–water partition coefficient (Wildman–Crippen LogP) is 1.03. The molecule has 7 nitrogen and oxygen atoms in total. The summed E-state index contributed by atoms with van der Waals surface area (Å²) in [5.74, 6) is -0.521. The Morgan fingerprint density at radius 1 is 1.28 bits per heavy atom. The number of aromatic nitrogens is 3. The van der Waals surface area contributed by atoms with Crippen LogP contribution in [0.4, 0.5) is 13.2 Å². The molecule has 0 saturated carbocycles. The van der Waals surface area contributed by atoms with E-state index in [9.17, 15) is 27.6 Å². The lowest BCUT2D eigenvalue weighted by Gasteiger charge is -2.12. The second-order valence-electron chi connectivity index (χ2n) is 5.50. The number of carbonyl (C=O) groups excluding carboxylic acids is 1. The smallest absolute Gasteiger partial charge is 0.355 e. The molecule has 25 heavy (non-hydrogen) atoms. The number of halogens is 3. The van der Waals surface area contributed by atoms with E-state index >= 15 is 0 Å². The minimum Gasteiger partial charge on any atom is -0.355 e. The van der Waals surface area contributed by atoms with Crippen molar-refractivity contribution >= 4 is 16.9 Å². The molecule has 1 N–H and O–H groups in total. The molecule has 2 heterocycles. The average molecular weight is 358 g/mol. The van der Waals surface area contributed by atoms with Crippen molar-refractivity contribution in [2.24, 2.45) is 7.05 Å². The van der Waals surface area contributed by atoms with Gasteiger partial charge in [-0.2, -0.15) is 13.2 Å². The van der Waals surface area contributed by atoms with Gasteiger partial charge in [0, 0.05) is 13.6 Å². The van der Waals surface area contributed by atoms with E-state index in [1.54, 1.807) is 0 Å². The standard InChI is InChI=1S/C15H17F3N4O3/c1-3-4-7-19-11(23)8-22-13(24)9-5-6-10(15(16,17)18)20-12(9)21(2)14(22)25/h5-6H,3-4,7-8H2,1-2H3,(H,19,23). The molecule has 0 fully saturated rings. The number of alkyl halides is 3. The lowest BCUT2D eigenvalue weighted by Crippen LogP contribution is -2.43. The molecule has 1 amide bonds. The van der Waals surface area contributed by atoms with Gasteiger partial charge in [-0.15, -0.1) is 0 Å². The van der Waals surface area contributed by atoms with Crippen molar-refractivity contribution in [1.82, 2.24) is 19.4 Å². The van der Waals surface area contributed by atoms with Gasteiger partial charge >= 0.3 is 11.9 Å². The summed E-state index contributed by atoms with van der Waals surface area (Å²) in [4.78, 5) is 39.8. The lowest BCUT2D eigenvalue weighted by atomic mass is 10.2. The Balaban J connectivity index is 2.49. The number of nitrogens with one attached hydrogen (secondary N) is 1.